The van der Waals surface area contributed by atoms with E-state index in [1.54, 1.807) is 4.68 Å². The van der Waals surface area contributed by atoms with Crippen LogP contribution in [0.5, 0.6) is 0 Å². The summed E-state index contributed by atoms with van der Waals surface area (Å²) < 4.78 is 14.5. The molecule has 0 bridgehead atoms. The van der Waals surface area contributed by atoms with Gasteiger partial charge in [0.2, 0.25) is 5.91 Å². The van der Waals surface area contributed by atoms with E-state index < -0.39 is 0 Å². The lowest BCUT2D eigenvalue weighted by molar-refractivity contribution is -0.119. The first-order chi connectivity index (χ1) is 9.45. The Labute approximate surface area is 116 Å². The van der Waals surface area contributed by atoms with E-state index in [2.05, 4.69) is 15.4 Å². The highest BCUT2D eigenvalue weighted by molar-refractivity contribution is 5.92. The van der Waals surface area contributed by atoms with E-state index >= 15 is 0 Å². The highest BCUT2D eigenvalue weighted by Gasteiger charge is 2.16. The number of aromatic nitrogens is 3. The van der Waals surface area contributed by atoms with Gasteiger partial charge in [-0.25, -0.2) is 14.1 Å². The van der Waals surface area contributed by atoms with E-state index in [-0.39, 0.29) is 17.6 Å². The Hall–Kier alpha value is -2.24. The molecule has 1 amide bonds. The van der Waals surface area contributed by atoms with Crippen LogP contribution in [0.4, 0.5) is 10.1 Å². The van der Waals surface area contributed by atoms with E-state index in [1.807, 2.05) is 20.8 Å². The molecule has 106 valence electrons. The zero-order chi connectivity index (χ0) is 14.7. The number of rotatable bonds is 4. The third-order valence-corrected chi connectivity index (χ3v) is 2.97. The van der Waals surface area contributed by atoms with Crippen molar-refractivity contribution in [1.82, 2.24) is 14.8 Å². The van der Waals surface area contributed by atoms with Gasteiger partial charge in [-0.3, -0.25) is 4.79 Å². The molecule has 20 heavy (non-hydrogen) atoms. The van der Waals surface area contributed by atoms with Gasteiger partial charge in [-0.15, -0.1) is 0 Å². The molecule has 1 aromatic carbocycles. The fourth-order valence-corrected chi connectivity index (χ4v) is 1.88. The maximum Gasteiger partial charge on any atom is 0.229 e. The topological polar surface area (TPSA) is 59.8 Å². The van der Waals surface area contributed by atoms with Gasteiger partial charge in [0.15, 0.2) is 0 Å². The first kappa shape index (κ1) is 14.2. The third kappa shape index (κ3) is 3.40. The summed E-state index contributed by atoms with van der Waals surface area (Å²) in [5.74, 6) is 0.742. The number of anilines is 1. The van der Waals surface area contributed by atoms with Crippen molar-refractivity contribution in [3.63, 3.8) is 0 Å². The summed E-state index contributed by atoms with van der Waals surface area (Å²) in [7, 11) is 0. The van der Waals surface area contributed by atoms with Crippen LogP contribution in [-0.4, -0.2) is 20.7 Å². The SMILES string of the molecule is Cc1nc(C)n(C[C@@H](C)C(=O)Nc2ccc(F)cc2)n1. The van der Waals surface area contributed by atoms with Crippen molar-refractivity contribution in [2.24, 2.45) is 5.92 Å². The number of carbonyl (C=O) groups is 1. The summed E-state index contributed by atoms with van der Waals surface area (Å²) >= 11 is 0. The standard InChI is InChI=1S/C14H17FN4O/c1-9(8-19-11(3)16-10(2)18-19)14(20)17-13-6-4-12(15)5-7-13/h4-7,9H,8H2,1-3H3,(H,17,20)/t9-/m1/s1. The summed E-state index contributed by atoms with van der Waals surface area (Å²) in [5.41, 5.74) is 0.578. The van der Waals surface area contributed by atoms with Crippen molar-refractivity contribution in [2.45, 2.75) is 27.3 Å². The van der Waals surface area contributed by atoms with Gasteiger partial charge in [0, 0.05) is 5.69 Å². The minimum absolute atomic E-state index is 0.135. The summed E-state index contributed by atoms with van der Waals surface area (Å²) in [6, 6.07) is 5.69. The molecule has 0 aliphatic carbocycles. The lowest BCUT2D eigenvalue weighted by Crippen LogP contribution is -2.25. The molecule has 1 atom stereocenters. The Morgan fingerprint density at radius 3 is 2.55 bits per heavy atom. The number of aryl methyl sites for hydroxylation is 2. The zero-order valence-electron chi connectivity index (χ0n) is 11.7. The monoisotopic (exact) mass is 276 g/mol. The van der Waals surface area contributed by atoms with Crippen LogP contribution in [0.25, 0.3) is 0 Å². The second-order valence-electron chi connectivity index (χ2n) is 4.79. The van der Waals surface area contributed by atoms with Crippen LogP contribution in [0.3, 0.4) is 0 Å². The highest BCUT2D eigenvalue weighted by atomic mass is 19.1. The Bertz CT molecular complexity index is 606. The van der Waals surface area contributed by atoms with E-state index in [4.69, 9.17) is 0 Å². The minimum Gasteiger partial charge on any atom is -0.326 e. The number of halogens is 1. The number of nitrogens with one attached hydrogen (secondary N) is 1. The molecule has 2 rings (SSSR count). The van der Waals surface area contributed by atoms with Crippen LogP contribution in [0.1, 0.15) is 18.6 Å². The largest absolute Gasteiger partial charge is 0.326 e. The summed E-state index contributed by atoms with van der Waals surface area (Å²) in [5, 5.41) is 6.98. The molecule has 0 fully saturated rings. The molecule has 0 spiro atoms. The average Bonchev–Trinajstić information content (AvgIpc) is 2.70. The molecule has 6 heteroatoms. The van der Waals surface area contributed by atoms with Crippen molar-refractivity contribution in [1.29, 1.82) is 0 Å². The maximum absolute atomic E-state index is 12.8. The normalized spacial score (nSPS) is 12.2. The van der Waals surface area contributed by atoms with E-state index in [0.717, 1.165) is 5.82 Å². The molecular weight excluding hydrogens is 259 g/mol. The Balaban J connectivity index is 1.98. The summed E-state index contributed by atoms with van der Waals surface area (Å²) in [6.07, 6.45) is 0. The first-order valence-corrected chi connectivity index (χ1v) is 6.40. The molecule has 1 N–H and O–H groups in total. The predicted octanol–water partition coefficient (Wildman–Crippen LogP) is 2.31. The van der Waals surface area contributed by atoms with Crippen LogP contribution in [0, 0.1) is 25.6 Å². The van der Waals surface area contributed by atoms with E-state index in [9.17, 15) is 9.18 Å². The second kappa shape index (κ2) is 5.81. The number of hydrogen-bond donors (Lipinski definition) is 1. The lowest BCUT2D eigenvalue weighted by atomic mass is 10.1. The lowest BCUT2D eigenvalue weighted by Gasteiger charge is -2.12. The number of hydrogen-bond acceptors (Lipinski definition) is 3. The van der Waals surface area contributed by atoms with Crippen LogP contribution in [0.15, 0.2) is 24.3 Å². The molecule has 0 aliphatic heterocycles. The van der Waals surface area contributed by atoms with Gasteiger partial charge >= 0.3 is 0 Å². The molecule has 0 unspecified atom stereocenters. The average molecular weight is 276 g/mol. The van der Waals surface area contributed by atoms with Gasteiger partial charge in [0.25, 0.3) is 0 Å². The smallest absolute Gasteiger partial charge is 0.229 e. The van der Waals surface area contributed by atoms with Crippen molar-refractivity contribution in [3.8, 4) is 0 Å². The third-order valence-electron chi connectivity index (χ3n) is 2.97. The molecule has 0 saturated carbocycles. The molecule has 0 radical (unpaired) electrons. The molecule has 1 heterocycles. The van der Waals surface area contributed by atoms with Gasteiger partial charge in [0.1, 0.15) is 17.5 Å². The van der Waals surface area contributed by atoms with Crippen LogP contribution < -0.4 is 5.32 Å². The van der Waals surface area contributed by atoms with Crippen molar-refractivity contribution >= 4 is 11.6 Å². The summed E-state index contributed by atoms with van der Waals surface area (Å²) in [6.45, 7) is 5.94. The van der Waals surface area contributed by atoms with Crippen LogP contribution >= 0.6 is 0 Å². The van der Waals surface area contributed by atoms with Crippen molar-refractivity contribution < 1.29 is 9.18 Å². The zero-order valence-corrected chi connectivity index (χ0v) is 11.7. The molecule has 5 nitrogen and oxygen atoms in total. The fourth-order valence-electron chi connectivity index (χ4n) is 1.88. The van der Waals surface area contributed by atoms with E-state index in [1.165, 1.54) is 24.3 Å². The molecule has 2 aromatic rings. The van der Waals surface area contributed by atoms with Crippen molar-refractivity contribution in [2.75, 3.05) is 5.32 Å². The number of amides is 1. The fraction of sp³-hybridized carbons (Fsp3) is 0.357. The number of benzene rings is 1. The first-order valence-electron chi connectivity index (χ1n) is 6.40. The van der Waals surface area contributed by atoms with E-state index in [0.29, 0.717) is 18.1 Å². The highest BCUT2D eigenvalue weighted by Crippen LogP contribution is 2.11. The van der Waals surface area contributed by atoms with Crippen LogP contribution in [0.2, 0.25) is 0 Å². The molecular formula is C14H17FN4O. The predicted molar refractivity (Wildman–Crippen MR) is 73.7 cm³/mol. The molecule has 1 aromatic heterocycles. The van der Waals surface area contributed by atoms with Gasteiger partial charge < -0.3 is 5.32 Å². The molecule has 0 saturated heterocycles. The van der Waals surface area contributed by atoms with Gasteiger partial charge in [-0.2, -0.15) is 5.10 Å². The van der Waals surface area contributed by atoms with Gasteiger partial charge in [-0.1, -0.05) is 6.92 Å². The Morgan fingerprint density at radius 2 is 2.00 bits per heavy atom. The second-order valence-corrected chi connectivity index (χ2v) is 4.79. The van der Waals surface area contributed by atoms with Gasteiger partial charge in [-0.05, 0) is 38.1 Å². The summed E-state index contributed by atoms with van der Waals surface area (Å²) in [4.78, 5) is 16.2. The maximum atomic E-state index is 12.8. The molecule has 0 aliphatic rings. The van der Waals surface area contributed by atoms with Crippen LogP contribution in [-0.2, 0) is 11.3 Å². The quantitative estimate of drug-likeness (QED) is 0.932. The Kier molecular flexibility index (Phi) is 4.12. The number of nitrogens with zero attached hydrogens (tertiary/aromatic N) is 3. The number of carbonyl (C=O) groups excluding carboxylic acids is 1. The van der Waals surface area contributed by atoms with Crippen molar-refractivity contribution in [3.05, 3.63) is 41.7 Å². The Morgan fingerprint density at radius 1 is 1.35 bits per heavy atom. The van der Waals surface area contributed by atoms with Gasteiger partial charge in [0.05, 0.1) is 12.5 Å². The minimum atomic E-state index is -0.329.